The molecule has 3 heterocycles. The van der Waals surface area contributed by atoms with Crippen molar-refractivity contribution in [3.05, 3.63) is 350 Å². The third kappa shape index (κ3) is 29.5. The van der Waals surface area contributed by atoms with Gasteiger partial charge in [-0.1, -0.05) is 229 Å². The van der Waals surface area contributed by atoms with Gasteiger partial charge in [-0.3, -0.25) is 28.8 Å². The van der Waals surface area contributed by atoms with Gasteiger partial charge in [-0.15, -0.1) is 0 Å². The molecule has 1 atom stereocenters. The molecule has 143 heavy (non-hydrogen) atoms. The smallest absolute Gasteiger partial charge is 0.336 e. The average Bonchev–Trinajstić information content (AvgIpc) is 1.52. The number of carbonyl (C=O) groups excluding carboxylic acids is 3. The van der Waals surface area contributed by atoms with Crippen LogP contribution >= 0.6 is 35.3 Å². The van der Waals surface area contributed by atoms with E-state index in [1.165, 1.54) is 33.7 Å². The molecule has 0 fully saturated rings. The summed E-state index contributed by atoms with van der Waals surface area (Å²) < 4.78 is 598. The number of alkyl halides is 9. The lowest BCUT2D eigenvalue weighted by molar-refractivity contribution is -0.138. The van der Waals surface area contributed by atoms with E-state index in [-0.39, 0.29) is 96.3 Å². The first-order valence-corrected chi connectivity index (χ1v) is 45.8. The van der Waals surface area contributed by atoms with Gasteiger partial charge >= 0.3 is 18.5 Å². The summed E-state index contributed by atoms with van der Waals surface area (Å²) in [7, 11) is 0. The minimum Gasteiger partial charge on any atom is -0.336 e. The fraction of sp³-hybridized carbons (Fsp3) is 0.373. The molecule has 0 N–H and O–H groups in total. The number of amides is 3. The topological polar surface area (TPSA) is 175 Å². The first-order valence-electron chi connectivity index (χ1n) is 68.2. The van der Waals surface area contributed by atoms with Crippen molar-refractivity contribution in [1.29, 1.82) is 0 Å². The van der Waals surface area contributed by atoms with E-state index in [2.05, 4.69) is 19.9 Å². The van der Waals surface area contributed by atoms with Gasteiger partial charge in [-0.05, 0) is 242 Å². The van der Waals surface area contributed by atoms with Crippen molar-refractivity contribution in [2.24, 2.45) is 5.89 Å². The Morgan fingerprint density at radius 1 is 0.413 bits per heavy atom. The fourth-order valence-electron chi connectivity index (χ4n) is 14.1. The standard InChI is InChI=1S/2C37H40F4N4O2S.C36H38F4N4O2S/c1-4-43(5-2)18-19-44(22-26-6-10-28(11-7-26)29-12-14-30(15-13-29)37(39,40)41)34(46)23-45-33-21-25(3)20-32(33)35(47)42-36(45)48-24-27-8-16-31(38)17-9-27;1-4-43(5-2)19-20-44(22-26-9-13-28(14-10-26)29-15-18-32(25(3)21-29)37(39,40)41)34(46)23-45-33-8-6-7-31(33)35(47)42-36(45)48-24-27-11-16-30(38)17-12-27;1-3-42(4-2)20-21-43(22-25-8-12-27(13-9-25)28-14-16-29(17-15-28)36(38,39)40)33(45)23-44-32-7-5-6-31(32)34(46)41-35(44)47-24-26-10-18-30(37)19-11-26/h6-17,25H,4-5,18-24H2,1-3H3;9-18,21H,4-8,19-20,22-24H2,1-3H3;8-19H,3-7,20-24H2,1-2H3/i4D2,5D2,6D,7D,8D,9D,10D,11D,12D,13D,14D,15D,16D,17D,18D2,19D2,20D2,21D2,24D2,25D;4D2,5D2,9D,10D,11D,12D,13D,14D,15D,16D,17D,18D,19D2,20D2,21D,24D2;23D2. The van der Waals surface area contributed by atoms with Crippen molar-refractivity contribution in [2.75, 3.05) is 78.2 Å². The summed E-state index contributed by atoms with van der Waals surface area (Å²) in [6.45, 7) is -27.9. The van der Waals surface area contributed by atoms with Crippen LogP contribution in [0.2, 0.25) is 0 Å². The summed E-state index contributed by atoms with van der Waals surface area (Å²) in [6, 6.07) is -13.1. The summed E-state index contributed by atoms with van der Waals surface area (Å²) in [6.07, 6.45) is -20.3. The largest absolute Gasteiger partial charge is 0.416 e. The van der Waals surface area contributed by atoms with Crippen LogP contribution in [0, 0.1) is 30.3 Å². The molecule has 33 heteroatoms. The van der Waals surface area contributed by atoms with Gasteiger partial charge < -0.3 is 43.1 Å². The molecule has 3 aromatic heterocycles. The summed E-state index contributed by atoms with van der Waals surface area (Å²) in [5.41, 5.74) is -22.8. The molecule has 9 aromatic carbocycles. The third-order valence-electron chi connectivity index (χ3n) is 21.3. The molecule has 3 aliphatic carbocycles. The molecule has 756 valence electrons. The molecule has 12 aromatic rings. The number of benzene rings is 9. The Hall–Kier alpha value is -11.9. The van der Waals surface area contributed by atoms with Crippen LogP contribution in [-0.2, 0) is 128 Å². The molecule has 18 nitrogen and oxygen atoms in total. The molecule has 0 spiro atoms. The molecular formula is C110H118F12N12O6S3. The molecule has 15 rings (SSSR count). The van der Waals surface area contributed by atoms with Gasteiger partial charge in [0.2, 0.25) is 17.7 Å². The number of rotatable bonds is 39. The highest BCUT2D eigenvalue weighted by Gasteiger charge is 2.36. The zero-order chi connectivity index (χ0) is 147. The Morgan fingerprint density at radius 3 is 1.29 bits per heavy atom. The highest BCUT2D eigenvalue weighted by atomic mass is 32.2. The average molecular weight is 2080 g/mol. The van der Waals surface area contributed by atoms with E-state index in [9.17, 15) is 84.9 Å². The summed E-state index contributed by atoms with van der Waals surface area (Å²) in [4.78, 5) is 99.1. The number of fused-ring (bicyclic) bond motifs is 3. The van der Waals surface area contributed by atoms with Gasteiger partial charge in [0.1, 0.15) is 37.0 Å². The van der Waals surface area contributed by atoms with Crippen molar-refractivity contribution in [3.63, 3.8) is 0 Å². The predicted molar refractivity (Wildman–Crippen MR) is 539 cm³/mol. The summed E-state index contributed by atoms with van der Waals surface area (Å²) in [5, 5.41) is -1.91. The van der Waals surface area contributed by atoms with Crippen LogP contribution < -0.4 is 16.7 Å². The van der Waals surface area contributed by atoms with E-state index < -0.39 is 418 Å². The second kappa shape index (κ2) is 50.1. The number of likely N-dealkylation sites (N-methyl/N-ethyl adjacent to an activating group) is 3. The fourth-order valence-corrected chi connectivity index (χ4v) is 16.4. The molecule has 3 amide bonds. The zero-order valence-electron chi connectivity index (χ0n) is 127. The van der Waals surface area contributed by atoms with E-state index in [0.29, 0.717) is 88.4 Å². The Morgan fingerprint density at radius 2 is 0.825 bits per heavy atom. The van der Waals surface area contributed by atoms with Crippen molar-refractivity contribution in [3.8, 4) is 33.4 Å². The number of hydrogen-bond acceptors (Lipinski definition) is 15. The van der Waals surface area contributed by atoms with E-state index in [1.54, 1.807) is 36.4 Å². The Kier molecular flexibility index (Phi) is 20.8. The molecule has 3 aliphatic rings. The maximum Gasteiger partial charge on any atom is 0.416 e. The normalized spacial score (nSPS) is 20.7. The second-order valence-electron chi connectivity index (χ2n) is 30.8. The van der Waals surface area contributed by atoms with E-state index in [1.807, 2.05) is 13.8 Å². The number of aromatic nitrogens is 6. The lowest BCUT2D eigenvalue weighted by Crippen LogP contribution is -2.40. The third-order valence-corrected chi connectivity index (χ3v) is 23.9. The molecule has 0 radical (unpaired) electrons. The molecule has 0 aliphatic heterocycles. The first kappa shape index (κ1) is 59.5. The Balaban J connectivity index is 0.000000238. The van der Waals surface area contributed by atoms with Crippen molar-refractivity contribution < 1.29 is 136 Å². The molecule has 0 saturated carbocycles. The maximum absolute atomic E-state index is 15.2. The van der Waals surface area contributed by atoms with Gasteiger partial charge in [-0.2, -0.15) is 54.5 Å². The van der Waals surface area contributed by atoms with Gasteiger partial charge in [0.25, 0.3) is 16.7 Å². The highest BCUT2D eigenvalue weighted by Crippen LogP contribution is 2.39. The lowest BCUT2D eigenvalue weighted by Gasteiger charge is -2.28. The van der Waals surface area contributed by atoms with Crippen molar-refractivity contribution in [1.82, 2.24) is 58.1 Å². The van der Waals surface area contributed by atoms with Crippen LogP contribution in [0.15, 0.2) is 242 Å². The quantitative estimate of drug-likeness (QED) is 0.0202. The van der Waals surface area contributed by atoms with Crippen LogP contribution in [0.4, 0.5) is 52.7 Å². The van der Waals surface area contributed by atoms with Crippen LogP contribution in [0.25, 0.3) is 33.4 Å². The van der Waals surface area contributed by atoms with E-state index >= 15 is 4.79 Å². The number of carbonyl (C=O) groups is 3. The molecular weight excluding hydrogens is 1910 g/mol. The second-order valence-corrected chi connectivity index (χ2v) is 33.3. The lowest BCUT2D eigenvalue weighted by atomic mass is 9.98. The monoisotopic (exact) mass is 2080 g/mol. The van der Waals surface area contributed by atoms with Crippen molar-refractivity contribution in [2.45, 2.75) is 197 Å². The zero-order valence-corrected chi connectivity index (χ0v) is 79.3. The minimum atomic E-state index is -5.48. The van der Waals surface area contributed by atoms with E-state index in [4.69, 9.17) is 60.3 Å². The Bertz CT molecular complexity index is 9250. The molecule has 0 saturated heterocycles. The number of nitrogens with zero attached hydrogens (tertiary/aromatic N) is 12. The van der Waals surface area contributed by atoms with Crippen LogP contribution in [0.1, 0.15) is 219 Å². The maximum atomic E-state index is 15.2. The van der Waals surface area contributed by atoms with Gasteiger partial charge in [-0.25, -0.2) is 13.2 Å². The van der Waals surface area contributed by atoms with Crippen LogP contribution in [-0.4, -0.2) is 154 Å². The van der Waals surface area contributed by atoms with Gasteiger partial charge in [0.15, 0.2) is 15.5 Å². The number of hydrogen-bond donors (Lipinski definition) is 0. The minimum absolute atomic E-state index is 0.0214. The highest BCUT2D eigenvalue weighted by molar-refractivity contribution is 7.98. The van der Waals surface area contributed by atoms with Gasteiger partial charge in [0.05, 0.1) is 56.4 Å². The SMILES string of the molecule is [2H]C([2H])(C(=O)N(CCN(CC)CC)Cc1ccc(-c2ccc(C(F)(F)F)cc2)cc1)n1c(SCc2ccc(F)cc2)nc(=O)c2c1CCC2.[2H]c1c([2H])c(C([2H])([2H])Sc2nc(=O)c3c(n2CC(=O)N(Cc2c([2H])c([2H])c(-c4c([2H])c([2H])c(C(F)(F)F)c(C)c4[2H])c([2H])c2[2H])C([2H])([2H])C([2H])([2H])N(C([2H])([2H])C)C([2H])([2H])C)CCC3)c([2H])c([2H])c1F.[2H]c1c([2H])c(C([2H])([2H])Sc2nc(=O)c3c(n2CC(=O)N(Cc2c([2H])c([2H])c(-c4c([2H])c([2H])c(C(F)(F)F)c([2H])c4[2H])c([2H])c2[2H])C([2H])([2H])C([2H])([2H])N(C([2H])([2H])C)C([2H])([2H])C)C([2H])([2H])C([2H])(C)C3([2H])[2H])c([2H])c([2H])c1F. The van der Waals surface area contributed by atoms with E-state index in [0.717, 1.165) is 54.0 Å². The van der Waals surface area contributed by atoms with Crippen LogP contribution in [0.5, 0.6) is 0 Å². The van der Waals surface area contributed by atoms with Crippen LogP contribution in [0.3, 0.4) is 0 Å². The summed E-state index contributed by atoms with van der Waals surface area (Å²) in [5.74, 6) is -11.0. The van der Waals surface area contributed by atoms with Crippen molar-refractivity contribution >= 4 is 53.0 Å². The molecule has 1 unspecified atom stereocenters. The Labute approximate surface area is 908 Å². The number of thioether (sulfide) groups is 3. The summed E-state index contributed by atoms with van der Waals surface area (Å²) >= 11 is 0.656. The molecule has 0 bridgehead atoms. The first-order chi connectivity index (χ1) is 87.9. The van der Waals surface area contributed by atoms with Gasteiger partial charge in [0, 0.05) is 138 Å². The number of halogens is 12. The predicted octanol–water partition coefficient (Wildman–Crippen LogP) is 22.2.